The predicted octanol–water partition coefficient (Wildman–Crippen LogP) is 9.46. The number of rotatable bonds is 19. The molecule has 4 heteroatoms. The van der Waals surface area contributed by atoms with Crippen molar-refractivity contribution in [2.24, 2.45) is 0 Å². The number of unbranched alkanes of at least 4 members (excludes halogenated alkanes) is 14. The predicted molar refractivity (Wildman–Crippen MR) is 165 cm³/mol. The number of halogens is 1. The molecule has 2 nitrogen and oxygen atoms in total. The van der Waals surface area contributed by atoms with Crippen molar-refractivity contribution in [2.45, 2.75) is 135 Å². The first kappa shape index (κ1) is 30.4. The van der Waals surface area contributed by atoms with Crippen LogP contribution in [0.25, 0.3) is 11.1 Å². The van der Waals surface area contributed by atoms with Crippen molar-refractivity contribution in [1.29, 1.82) is 0 Å². The van der Waals surface area contributed by atoms with E-state index in [0.29, 0.717) is 5.46 Å². The molecule has 2 aromatic rings. The van der Waals surface area contributed by atoms with Gasteiger partial charge in [-0.05, 0) is 52.7 Å². The Kier molecular flexibility index (Phi) is 13.3. The largest absolute Gasteiger partial charge is 0.488 e. The van der Waals surface area contributed by atoms with E-state index in [1.807, 2.05) is 6.07 Å². The lowest BCUT2D eigenvalue weighted by atomic mass is 9.68. The van der Waals surface area contributed by atoms with Crippen LogP contribution in [0.2, 0.25) is 0 Å². The van der Waals surface area contributed by atoms with E-state index in [1.165, 1.54) is 125 Å². The molecule has 0 spiro atoms. The monoisotopic (exact) mass is 568 g/mol. The van der Waals surface area contributed by atoms with E-state index in [2.05, 4.69) is 60.1 Å². The van der Waals surface area contributed by atoms with Crippen LogP contribution in [-0.2, 0) is 5.41 Å². The number of hydrogen-bond donors (Lipinski definition) is 2. The van der Waals surface area contributed by atoms with Gasteiger partial charge in [0.25, 0.3) is 0 Å². The fourth-order valence-electron chi connectivity index (χ4n) is 6.43. The van der Waals surface area contributed by atoms with Crippen LogP contribution in [0.1, 0.15) is 141 Å². The molecule has 0 aromatic heterocycles. The maximum absolute atomic E-state index is 10.0. The van der Waals surface area contributed by atoms with Crippen molar-refractivity contribution < 1.29 is 10.0 Å². The van der Waals surface area contributed by atoms with Crippen LogP contribution in [0.15, 0.2) is 40.9 Å². The molecule has 1 aliphatic carbocycles. The Hall–Kier alpha value is -1.10. The zero-order valence-corrected chi connectivity index (χ0v) is 25.1. The molecular weight excluding hydrogens is 519 g/mol. The van der Waals surface area contributed by atoms with Gasteiger partial charge in [-0.15, -0.1) is 0 Å². The quantitative estimate of drug-likeness (QED) is 0.131. The number of fused-ring (bicyclic) bond motifs is 3. The molecule has 0 saturated heterocycles. The smallest absolute Gasteiger partial charge is 0.423 e. The molecule has 0 bridgehead atoms. The van der Waals surface area contributed by atoms with Crippen LogP contribution in [0, 0.1) is 0 Å². The highest BCUT2D eigenvalue weighted by Crippen LogP contribution is 2.54. The van der Waals surface area contributed by atoms with E-state index in [0.717, 1.165) is 17.3 Å². The third kappa shape index (κ3) is 8.44. The number of benzene rings is 2. The second kappa shape index (κ2) is 16.1. The Bertz CT molecular complexity index is 922. The van der Waals surface area contributed by atoms with Gasteiger partial charge in [0.2, 0.25) is 0 Å². The van der Waals surface area contributed by atoms with Gasteiger partial charge in [0, 0.05) is 9.89 Å². The number of hydrogen-bond acceptors (Lipinski definition) is 2. The highest BCUT2D eigenvalue weighted by Gasteiger charge is 2.42. The van der Waals surface area contributed by atoms with Gasteiger partial charge in [-0.3, -0.25) is 0 Å². The normalized spacial score (nSPS) is 13.5. The van der Waals surface area contributed by atoms with Gasteiger partial charge in [0.05, 0.1) is 0 Å². The third-order valence-corrected chi connectivity index (χ3v) is 9.05. The zero-order valence-electron chi connectivity index (χ0n) is 23.5. The van der Waals surface area contributed by atoms with Crippen LogP contribution in [0.5, 0.6) is 0 Å². The van der Waals surface area contributed by atoms with Gasteiger partial charge in [-0.1, -0.05) is 157 Å². The minimum absolute atomic E-state index is 0.0379. The Morgan fingerprint density at radius 2 is 1.03 bits per heavy atom. The molecule has 0 atom stereocenters. The summed E-state index contributed by atoms with van der Waals surface area (Å²) in [7, 11) is -1.43. The average molecular weight is 569 g/mol. The van der Waals surface area contributed by atoms with Gasteiger partial charge in [-0.2, -0.15) is 0 Å². The topological polar surface area (TPSA) is 40.5 Å². The fourth-order valence-corrected chi connectivity index (χ4v) is 6.79. The minimum atomic E-state index is -1.43. The summed E-state index contributed by atoms with van der Waals surface area (Å²) < 4.78 is 1.14. The maximum atomic E-state index is 10.0. The molecule has 1 aliphatic rings. The summed E-state index contributed by atoms with van der Waals surface area (Å²) in [6, 6.07) is 12.9. The second-order valence-corrected chi connectivity index (χ2v) is 12.3. The Morgan fingerprint density at radius 3 is 1.51 bits per heavy atom. The lowest BCUT2D eigenvalue weighted by Gasteiger charge is -2.33. The van der Waals surface area contributed by atoms with Gasteiger partial charge in [0.15, 0.2) is 0 Å². The molecule has 0 unspecified atom stereocenters. The fraction of sp³-hybridized carbons (Fsp3) is 0.636. The summed E-state index contributed by atoms with van der Waals surface area (Å²) in [4.78, 5) is 0. The molecule has 2 N–H and O–H groups in total. The molecular formula is C33H50BBrO2. The van der Waals surface area contributed by atoms with Crippen LogP contribution in [0.3, 0.4) is 0 Å². The molecule has 0 fully saturated rings. The van der Waals surface area contributed by atoms with E-state index < -0.39 is 7.12 Å². The minimum Gasteiger partial charge on any atom is -0.423 e. The van der Waals surface area contributed by atoms with E-state index in [-0.39, 0.29) is 5.41 Å². The highest BCUT2D eigenvalue weighted by molar-refractivity contribution is 9.10. The molecule has 0 amide bonds. The second-order valence-electron chi connectivity index (χ2n) is 11.4. The van der Waals surface area contributed by atoms with Crippen LogP contribution >= 0.6 is 15.9 Å². The molecule has 2 aromatic carbocycles. The molecule has 0 saturated carbocycles. The first-order valence-electron chi connectivity index (χ1n) is 15.3. The van der Waals surface area contributed by atoms with Crippen molar-refractivity contribution >= 4 is 28.5 Å². The summed E-state index contributed by atoms with van der Waals surface area (Å²) in [5.74, 6) is 0. The zero-order chi connectivity index (χ0) is 26.5. The van der Waals surface area contributed by atoms with Crippen molar-refractivity contribution in [3.63, 3.8) is 0 Å². The van der Waals surface area contributed by atoms with Gasteiger partial charge < -0.3 is 10.0 Å². The molecule has 0 aliphatic heterocycles. The standard InChI is InChI=1S/C33H50BBrO2/c1-3-5-7-9-11-13-15-17-23-33(24-18-16-14-12-10-8-6-4-2)31-25-27(34(36)37)19-21-29(31)30-22-20-28(35)26-32(30)33/h19-22,25-26,36-37H,3-18,23-24H2,1-2H3. The summed E-state index contributed by atoms with van der Waals surface area (Å²) in [5, 5.41) is 20.0. The SMILES string of the molecule is CCCCCCCCCCC1(CCCCCCCCCC)c2cc(Br)ccc2-c2ccc(B(O)O)cc21. The van der Waals surface area contributed by atoms with Crippen LogP contribution in [-0.4, -0.2) is 17.2 Å². The summed E-state index contributed by atoms with van der Waals surface area (Å²) in [6.07, 6.45) is 23.5. The van der Waals surface area contributed by atoms with Gasteiger partial charge in [-0.25, -0.2) is 0 Å². The van der Waals surface area contributed by atoms with E-state index in [4.69, 9.17) is 0 Å². The molecule has 37 heavy (non-hydrogen) atoms. The van der Waals surface area contributed by atoms with Crippen molar-refractivity contribution in [3.8, 4) is 11.1 Å². The van der Waals surface area contributed by atoms with E-state index in [1.54, 1.807) is 0 Å². The van der Waals surface area contributed by atoms with Gasteiger partial charge >= 0.3 is 7.12 Å². The summed E-state index contributed by atoms with van der Waals surface area (Å²) >= 11 is 3.76. The highest BCUT2D eigenvalue weighted by atomic mass is 79.9. The van der Waals surface area contributed by atoms with Crippen LogP contribution < -0.4 is 5.46 Å². The molecule has 204 valence electrons. The first-order valence-corrected chi connectivity index (χ1v) is 16.1. The lowest BCUT2D eigenvalue weighted by molar-refractivity contribution is 0.396. The maximum Gasteiger partial charge on any atom is 0.488 e. The summed E-state index contributed by atoms with van der Waals surface area (Å²) in [5.41, 5.74) is 5.94. The van der Waals surface area contributed by atoms with Crippen molar-refractivity contribution in [3.05, 3.63) is 52.0 Å². The Labute approximate surface area is 235 Å². The summed E-state index contributed by atoms with van der Waals surface area (Å²) in [6.45, 7) is 4.56. The van der Waals surface area contributed by atoms with Crippen LogP contribution in [0.4, 0.5) is 0 Å². The van der Waals surface area contributed by atoms with E-state index in [9.17, 15) is 10.0 Å². The molecule has 0 radical (unpaired) electrons. The third-order valence-electron chi connectivity index (χ3n) is 8.56. The Morgan fingerprint density at radius 1 is 0.595 bits per heavy atom. The lowest BCUT2D eigenvalue weighted by Crippen LogP contribution is -2.32. The van der Waals surface area contributed by atoms with E-state index >= 15 is 0 Å². The van der Waals surface area contributed by atoms with Crippen molar-refractivity contribution in [2.75, 3.05) is 0 Å². The molecule has 0 heterocycles. The Balaban J connectivity index is 1.77. The van der Waals surface area contributed by atoms with Gasteiger partial charge in [0.1, 0.15) is 0 Å². The van der Waals surface area contributed by atoms with Crippen molar-refractivity contribution in [1.82, 2.24) is 0 Å². The average Bonchev–Trinajstić information content (AvgIpc) is 3.15. The first-order chi connectivity index (χ1) is 18.0. The molecule has 3 rings (SSSR count).